The van der Waals surface area contributed by atoms with Gasteiger partial charge in [-0.2, -0.15) is 0 Å². The second-order valence-electron chi connectivity index (χ2n) is 3.79. The number of rotatable bonds is 5. The van der Waals surface area contributed by atoms with Gasteiger partial charge in [0.15, 0.2) is 5.78 Å². The lowest BCUT2D eigenvalue weighted by atomic mass is 10.1. The standard InChI is InChI=1S/C12H15F2NO/c1-3-6-15(2)8-12(16)10-5-4-9(13)7-11(10)14/h4-5,7H,3,6,8H2,1-2H3. The Morgan fingerprint density at radius 1 is 1.38 bits per heavy atom. The van der Waals surface area contributed by atoms with Crippen molar-refractivity contribution in [2.75, 3.05) is 20.1 Å². The van der Waals surface area contributed by atoms with Crippen molar-refractivity contribution in [3.05, 3.63) is 35.4 Å². The lowest BCUT2D eigenvalue weighted by Crippen LogP contribution is -2.27. The molecule has 0 saturated carbocycles. The summed E-state index contributed by atoms with van der Waals surface area (Å²) in [5.41, 5.74) is -0.0515. The summed E-state index contributed by atoms with van der Waals surface area (Å²) in [5, 5.41) is 0. The molecule has 0 saturated heterocycles. The molecule has 2 nitrogen and oxygen atoms in total. The van der Waals surface area contributed by atoms with E-state index in [9.17, 15) is 13.6 Å². The number of carbonyl (C=O) groups excluding carboxylic acids is 1. The Morgan fingerprint density at radius 3 is 2.62 bits per heavy atom. The molecule has 0 unspecified atom stereocenters. The van der Waals surface area contributed by atoms with Gasteiger partial charge in [0.25, 0.3) is 0 Å². The molecule has 0 aliphatic rings. The molecule has 0 atom stereocenters. The average Bonchev–Trinajstić information content (AvgIpc) is 2.17. The molecule has 0 radical (unpaired) electrons. The van der Waals surface area contributed by atoms with Crippen molar-refractivity contribution in [2.45, 2.75) is 13.3 Å². The van der Waals surface area contributed by atoms with E-state index < -0.39 is 11.6 Å². The first kappa shape index (κ1) is 12.8. The van der Waals surface area contributed by atoms with E-state index >= 15 is 0 Å². The van der Waals surface area contributed by atoms with Crippen LogP contribution >= 0.6 is 0 Å². The van der Waals surface area contributed by atoms with Gasteiger partial charge in [-0.15, -0.1) is 0 Å². The quantitative estimate of drug-likeness (QED) is 0.720. The summed E-state index contributed by atoms with van der Waals surface area (Å²) in [7, 11) is 1.79. The summed E-state index contributed by atoms with van der Waals surface area (Å²) < 4.78 is 25.9. The van der Waals surface area contributed by atoms with Crippen molar-refractivity contribution >= 4 is 5.78 Å². The first-order chi connectivity index (χ1) is 7.54. The maximum atomic E-state index is 13.3. The van der Waals surface area contributed by atoms with Crippen LogP contribution in [0.3, 0.4) is 0 Å². The zero-order chi connectivity index (χ0) is 12.1. The highest BCUT2D eigenvalue weighted by Crippen LogP contribution is 2.10. The van der Waals surface area contributed by atoms with E-state index in [1.165, 1.54) is 6.07 Å². The SMILES string of the molecule is CCCN(C)CC(=O)c1ccc(F)cc1F. The fourth-order valence-corrected chi connectivity index (χ4v) is 1.51. The van der Waals surface area contributed by atoms with Crippen molar-refractivity contribution in [2.24, 2.45) is 0 Å². The van der Waals surface area contributed by atoms with E-state index in [1.54, 1.807) is 7.05 Å². The highest BCUT2D eigenvalue weighted by Gasteiger charge is 2.13. The van der Waals surface area contributed by atoms with Crippen molar-refractivity contribution in [3.63, 3.8) is 0 Å². The van der Waals surface area contributed by atoms with Crippen LogP contribution in [0.1, 0.15) is 23.7 Å². The van der Waals surface area contributed by atoms with E-state index in [2.05, 4.69) is 0 Å². The predicted octanol–water partition coefficient (Wildman–Crippen LogP) is 2.49. The second-order valence-corrected chi connectivity index (χ2v) is 3.79. The molecule has 0 spiro atoms. The summed E-state index contributed by atoms with van der Waals surface area (Å²) in [6, 6.07) is 3.01. The molecule has 0 heterocycles. The summed E-state index contributed by atoms with van der Waals surface area (Å²) >= 11 is 0. The highest BCUT2D eigenvalue weighted by molar-refractivity contribution is 5.97. The number of hydrogen-bond donors (Lipinski definition) is 0. The van der Waals surface area contributed by atoms with E-state index in [4.69, 9.17) is 0 Å². The molecule has 1 aromatic rings. The fourth-order valence-electron chi connectivity index (χ4n) is 1.51. The Labute approximate surface area is 93.9 Å². The van der Waals surface area contributed by atoms with Crippen molar-refractivity contribution < 1.29 is 13.6 Å². The molecule has 88 valence electrons. The summed E-state index contributed by atoms with van der Waals surface area (Å²) in [5.74, 6) is -1.79. The molecule has 0 bridgehead atoms. The third kappa shape index (κ3) is 3.38. The molecule has 0 fully saturated rings. The maximum Gasteiger partial charge on any atom is 0.179 e. The molecule has 1 aromatic carbocycles. The molecule has 0 aliphatic heterocycles. The topological polar surface area (TPSA) is 20.3 Å². The van der Waals surface area contributed by atoms with E-state index in [0.717, 1.165) is 25.1 Å². The number of Topliss-reactive ketones (excluding diaryl/α,β-unsaturated/α-hetero) is 1. The largest absolute Gasteiger partial charge is 0.299 e. The van der Waals surface area contributed by atoms with E-state index in [-0.39, 0.29) is 17.9 Å². The van der Waals surface area contributed by atoms with Gasteiger partial charge in [-0.1, -0.05) is 6.92 Å². The second kappa shape index (κ2) is 5.70. The first-order valence-corrected chi connectivity index (χ1v) is 5.21. The van der Waals surface area contributed by atoms with Gasteiger partial charge in [-0.25, -0.2) is 8.78 Å². The summed E-state index contributed by atoms with van der Waals surface area (Å²) in [4.78, 5) is 13.5. The Bertz CT molecular complexity index is 379. The van der Waals surface area contributed by atoms with Crippen LogP contribution in [0.2, 0.25) is 0 Å². The summed E-state index contributed by atoms with van der Waals surface area (Å²) in [6.07, 6.45) is 0.926. The highest BCUT2D eigenvalue weighted by atomic mass is 19.1. The number of ketones is 1. The Kier molecular flexibility index (Phi) is 4.55. The van der Waals surface area contributed by atoms with Crippen LogP contribution in [0.25, 0.3) is 0 Å². The minimum atomic E-state index is -0.796. The van der Waals surface area contributed by atoms with Crippen molar-refractivity contribution in [1.29, 1.82) is 0 Å². The van der Waals surface area contributed by atoms with Gasteiger partial charge in [0.05, 0.1) is 12.1 Å². The Hall–Kier alpha value is -1.29. The minimum absolute atomic E-state index is 0.0515. The van der Waals surface area contributed by atoms with E-state index in [1.807, 2.05) is 11.8 Å². The molecule has 0 N–H and O–H groups in total. The number of nitrogens with zero attached hydrogens (tertiary/aromatic N) is 1. The zero-order valence-electron chi connectivity index (χ0n) is 9.46. The van der Waals surface area contributed by atoms with Gasteiger partial charge in [0.1, 0.15) is 11.6 Å². The van der Waals surface area contributed by atoms with Gasteiger partial charge in [0.2, 0.25) is 0 Å². The summed E-state index contributed by atoms with van der Waals surface area (Å²) in [6.45, 7) is 2.92. The fraction of sp³-hybridized carbons (Fsp3) is 0.417. The number of halogens is 2. The van der Waals surface area contributed by atoms with Gasteiger partial charge in [-0.3, -0.25) is 9.69 Å². The van der Waals surface area contributed by atoms with Crippen LogP contribution in [0.4, 0.5) is 8.78 Å². The number of benzene rings is 1. The molecular formula is C12H15F2NO. The lowest BCUT2D eigenvalue weighted by molar-refractivity contribution is 0.0942. The average molecular weight is 227 g/mol. The normalized spacial score (nSPS) is 10.8. The molecule has 16 heavy (non-hydrogen) atoms. The molecule has 1 rings (SSSR count). The zero-order valence-corrected chi connectivity index (χ0v) is 9.46. The van der Waals surface area contributed by atoms with Gasteiger partial charge in [-0.05, 0) is 32.1 Å². The van der Waals surface area contributed by atoms with Gasteiger partial charge in [0, 0.05) is 6.07 Å². The minimum Gasteiger partial charge on any atom is -0.299 e. The number of likely N-dealkylation sites (N-methyl/N-ethyl adjacent to an activating group) is 1. The smallest absolute Gasteiger partial charge is 0.179 e. The van der Waals surface area contributed by atoms with Crippen LogP contribution in [-0.4, -0.2) is 30.8 Å². The Balaban J connectivity index is 2.73. The third-order valence-electron chi connectivity index (χ3n) is 2.25. The third-order valence-corrected chi connectivity index (χ3v) is 2.25. The predicted molar refractivity (Wildman–Crippen MR) is 58.5 cm³/mol. The Morgan fingerprint density at radius 2 is 2.06 bits per heavy atom. The molecule has 0 amide bonds. The van der Waals surface area contributed by atoms with Crippen LogP contribution < -0.4 is 0 Å². The molecule has 0 aromatic heterocycles. The lowest BCUT2D eigenvalue weighted by Gasteiger charge is -2.14. The number of hydrogen-bond acceptors (Lipinski definition) is 2. The molecular weight excluding hydrogens is 212 g/mol. The monoisotopic (exact) mass is 227 g/mol. The number of carbonyl (C=O) groups is 1. The first-order valence-electron chi connectivity index (χ1n) is 5.21. The van der Waals surface area contributed by atoms with Crippen molar-refractivity contribution in [1.82, 2.24) is 4.90 Å². The van der Waals surface area contributed by atoms with Crippen molar-refractivity contribution in [3.8, 4) is 0 Å². The van der Waals surface area contributed by atoms with Crippen LogP contribution in [0.5, 0.6) is 0 Å². The molecule has 4 heteroatoms. The van der Waals surface area contributed by atoms with Crippen LogP contribution in [-0.2, 0) is 0 Å². The van der Waals surface area contributed by atoms with Crippen LogP contribution in [0.15, 0.2) is 18.2 Å². The van der Waals surface area contributed by atoms with Gasteiger partial charge >= 0.3 is 0 Å². The van der Waals surface area contributed by atoms with Crippen LogP contribution in [0, 0.1) is 11.6 Å². The van der Waals surface area contributed by atoms with Gasteiger partial charge < -0.3 is 0 Å². The maximum absolute atomic E-state index is 13.3. The molecule has 0 aliphatic carbocycles. The van der Waals surface area contributed by atoms with E-state index in [0.29, 0.717) is 0 Å².